The molecule has 1 N–H and O–H groups in total. The van der Waals surface area contributed by atoms with Gasteiger partial charge in [0.25, 0.3) is 0 Å². The first kappa shape index (κ1) is 17.5. The highest BCUT2D eigenvalue weighted by Crippen LogP contribution is 2.32. The van der Waals surface area contributed by atoms with E-state index in [1.807, 2.05) is 24.3 Å². The number of hydrogen-bond acceptors (Lipinski definition) is 5. The van der Waals surface area contributed by atoms with Gasteiger partial charge >= 0.3 is 5.97 Å². The second-order valence-electron chi connectivity index (χ2n) is 6.36. The van der Waals surface area contributed by atoms with Crippen molar-refractivity contribution in [2.24, 2.45) is 10.9 Å². The molecule has 1 aliphatic heterocycles. The first-order chi connectivity index (χ1) is 12.2. The Kier molecular flexibility index (Phi) is 5.72. The summed E-state index contributed by atoms with van der Waals surface area (Å²) in [6.07, 6.45) is 6.97. The Bertz CT molecular complexity index is 756. The van der Waals surface area contributed by atoms with Gasteiger partial charge in [0.05, 0.1) is 18.0 Å². The van der Waals surface area contributed by atoms with E-state index in [-0.39, 0.29) is 16.4 Å². The lowest BCUT2D eigenvalue weighted by atomic mass is 10.0. The topological polar surface area (TPSA) is 74.5 Å². The maximum absolute atomic E-state index is 12.4. The van der Waals surface area contributed by atoms with Gasteiger partial charge in [0.1, 0.15) is 11.8 Å². The van der Waals surface area contributed by atoms with E-state index >= 15 is 0 Å². The molecule has 1 aromatic carbocycles. The van der Waals surface area contributed by atoms with Crippen LogP contribution in [0.2, 0.25) is 0 Å². The Hall–Kier alpha value is -2.32. The number of fused-ring (bicyclic) bond motifs is 1. The molecule has 1 saturated carbocycles. The number of benzene rings is 1. The fraction of sp³-hybridized carbons (Fsp3) is 0.421. The van der Waals surface area contributed by atoms with Crippen molar-refractivity contribution in [3.05, 3.63) is 35.5 Å². The summed E-state index contributed by atoms with van der Waals surface area (Å²) in [6, 6.07) is 9.21. The van der Waals surface area contributed by atoms with Crippen molar-refractivity contribution in [3.8, 4) is 6.07 Å². The van der Waals surface area contributed by atoms with Crippen LogP contribution < -0.4 is 5.32 Å². The van der Waals surface area contributed by atoms with Gasteiger partial charge in [-0.3, -0.25) is 0 Å². The molecule has 1 aliphatic carbocycles. The highest BCUT2D eigenvalue weighted by atomic mass is 35.5. The van der Waals surface area contributed by atoms with E-state index in [1.54, 1.807) is 6.07 Å². The fourth-order valence-electron chi connectivity index (χ4n) is 3.19. The van der Waals surface area contributed by atoms with E-state index in [0.717, 1.165) is 12.8 Å². The molecule has 25 heavy (non-hydrogen) atoms. The Morgan fingerprint density at radius 1 is 1.28 bits per heavy atom. The third-order valence-electron chi connectivity index (χ3n) is 4.58. The van der Waals surface area contributed by atoms with Crippen LogP contribution >= 0.6 is 11.6 Å². The minimum Gasteiger partial charge on any atom is -0.461 e. The molecule has 0 bridgehead atoms. The van der Waals surface area contributed by atoms with E-state index in [0.29, 0.717) is 23.9 Å². The third-order valence-corrected chi connectivity index (χ3v) is 4.85. The van der Waals surface area contributed by atoms with Crippen molar-refractivity contribution in [2.75, 3.05) is 11.9 Å². The molecule has 5 nitrogen and oxygen atoms in total. The minimum absolute atomic E-state index is 0.0849. The van der Waals surface area contributed by atoms with Gasteiger partial charge in [-0.2, -0.15) is 5.26 Å². The molecule has 130 valence electrons. The smallest absolute Gasteiger partial charge is 0.351 e. The van der Waals surface area contributed by atoms with Gasteiger partial charge in [-0.1, -0.05) is 49.4 Å². The molecule has 3 rings (SSSR count). The van der Waals surface area contributed by atoms with Crippen LogP contribution in [0.25, 0.3) is 0 Å². The number of nitrogens with zero attached hydrogens (tertiary/aromatic N) is 2. The van der Waals surface area contributed by atoms with Crippen molar-refractivity contribution in [2.45, 2.75) is 38.5 Å². The number of hydrogen-bond donors (Lipinski definition) is 1. The van der Waals surface area contributed by atoms with Crippen LogP contribution in [-0.2, 0) is 9.53 Å². The molecule has 0 unspecified atom stereocenters. The number of nitriles is 1. The molecule has 0 radical (unpaired) electrons. The monoisotopic (exact) mass is 357 g/mol. The summed E-state index contributed by atoms with van der Waals surface area (Å²) in [7, 11) is 0. The number of aliphatic imine (C=N–C) groups is 1. The fourth-order valence-corrected chi connectivity index (χ4v) is 3.42. The van der Waals surface area contributed by atoms with Crippen LogP contribution in [0.4, 0.5) is 11.4 Å². The van der Waals surface area contributed by atoms with Crippen molar-refractivity contribution < 1.29 is 9.53 Å². The van der Waals surface area contributed by atoms with Gasteiger partial charge in [-0.15, -0.1) is 0 Å². The first-order valence-electron chi connectivity index (χ1n) is 8.61. The molecule has 0 aromatic heterocycles. The van der Waals surface area contributed by atoms with Crippen molar-refractivity contribution in [3.63, 3.8) is 0 Å². The summed E-state index contributed by atoms with van der Waals surface area (Å²) in [6.45, 7) is 0.350. The normalized spacial score (nSPS) is 19.6. The Morgan fingerprint density at radius 3 is 2.72 bits per heavy atom. The zero-order chi connectivity index (χ0) is 17.6. The largest absolute Gasteiger partial charge is 0.461 e. The average molecular weight is 358 g/mol. The maximum Gasteiger partial charge on any atom is 0.351 e. The van der Waals surface area contributed by atoms with Gasteiger partial charge in [-0.05, 0) is 30.9 Å². The van der Waals surface area contributed by atoms with E-state index in [1.165, 1.54) is 25.7 Å². The number of anilines is 1. The molecule has 1 heterocycles. The van der Waals surface area contributed by atoms with Gasteiger partial charge in [0.15, 0.2) is 10.7 Å². The number of carbonyl (C=O) groups is 1. The van der Waals surface area contributed by atoms with Gasteiger partial charge < -0.3 is 10.1 Å². The summed E-state index contributed by atoms with van der Waals surface area (Å²) >= 11 is 6.17. The lowest BCUT2D eigenvalue weighted by Crippen LogP contribution is -2.21. The predicted octanol–water partition coefficient (Wildman–Crippen LogP) is 4.67. The molecule has 0 saturated heterocycles. The lowest BCUT2D eigenvalue weighted by molar-refractivity contribution is -0.140. The highest BCUT2D eigenvalue weighted by molar-refractivity contribution is 6.70. The van der Waals surface area contributed by atoms with Gasteiger partial charge in [-0.25, -0.2) is 9.79 Å². The quantitative estimate of drug-likeness (QED) is 0.369. The zero-order valence-electron chi connectivity index (χ0n) is 13.9. The number of nitrogens with one attached hydrogen (secondary N) is 1. The number of halogens is 1. The lowest BCUT2D eigenvalue weighted by Gasteiger charge is -2.19. The molecule has 0 spiro atoms. The van der Waals surface area contributed by atoms with E-state index in [9.17, 15) is 10.1 Å². The first-order valence-corrected chi connectivity index (χ1v) is 8.99. The standard InChI is InChI=1S/C19H20ClN3O2/c20-18-17(22-15-9-5-6-10-16(15)23-18)14(11-21)19(24)25-12-13-7-3-1-2-4-8-13/h5-6,9-10,13,22H,1-4,7-8,12H2. The van der Waals surface area contributed by atoms with Gasteiger partial charge in [0.2, 0.25) is 0 Å². The van der Waals surface area contributed by atoms with Crippen LogP contribution in [-0.4, -0.2) is 17.7 Å². The number of carbonyl (C=O) groups excluding carboxylic acids is 1. The number of para-hydroxylation sites is 2. The summed E-state index contributed by atoms with van der Waals surface area (Å²) in [5.41, 5.74) is 1.43. The second-order valence-corrected chi connectivity index (χ2v) is 6.72. The summed E-state index contributed by atoms with van der Waals surface area (Å²) in [4.78, 5) is 16.6. The van der Waals surface area contributed by atoms with Crippen LogP contribution in [0, 0.1) is 17.2 Å². The van der Waals surface area contributed by atoms with Crippen LogP contribution in [0.3, 0.4) is 0 Å². The zero-order valence-corrected chi connectivity index (χ0v) is 14.7. The summed E-state index contributed by atoms with van der Waals surface area (Å²) in [5.74, 6) is -0.275. The number of rotatable bonds is 3. The second kappa shape index (κ2) is 8.17. The number of allylic oxidation sites excluding steroid dienone is 1. The van der Waals surface area contributed by atoms with Crippen LogP contribution in [0.1, 0.15) is 38.5 Å². The average Bonchev–Trinajstić information content (AvgIpc) is 2.90. The Balaban J connectivity index is 1.74. The van der Waals surface area contributed by atoms with Crippen LogP contribution in [0.5, 0.6) is 0 Å². The Morgan fingerprint density at radius 2 is 2.00 bits per heavy atom. The van der Waals surface area contributed by atoms with E-state index in [4.69, 9.17) is 16.3 Å². The molecular weight excluding hydrogens is 338 g/mol. The molecule has 1 aromatic rings. The Labute approximate surface area is 152 Å². The highest BCUT2D eigenvalue weighted by Gasteiger charge is 2.25. The number of ether oxygens (including phenoxy) is 1. The van der Waals surface area contributed by atoms with Crippen molar-refractivity contribution >= 4 is 34.1 Å². The van der Waals surface area contributed by atoms with Crippen molar-refractivity contribution in [1.82, 2.24) is 0 Å². The minimum atomic E-state index is -0.651. The van der Waals surface area contributed by atoms with Crippen LogP contribution in [0.15, 0.2) is 40.5 Å². The number of esters is 1. The molecule has 0 amide bonds. The predicted molar refractivity (Wildman–Crippen MR) is 97.8 cm³/mol. The summed E-state index contributed by atoms with van der Waals surface area (Å²) < 4.78 is 5.41. The SMILES string of the molecule is N#CC(C(=O)OCC1CCCCCC1)=C1Nc2ccccc2N=C1Cl. The van der Waals surface area contributed by atoms with Crippen molar-refractivity contribution in [1.29, 1.82) is 5.26 Å². The molecular formula is C19H20ClN3O2. The van der Waals surface area contributed by atoms with E-state index in [2.05, 4.69) is 10.3 Å². The summed E-state index contributed by atoms with van der Waals surface area (Å²) in [5, 5.41) is 12.5. The molecule has 0 atom stereocenters. The van der Waals surface area contributed by atoms with Gasteiger partial charge in [0, 0.05) is 0 Å². The third kappa shape index (κ3) is 4.21. The molecule has 1 fully saturated rings. The maximum atomic E-state index is 12.4. The van der Waals surface area contributed by atoms with E-state index < -0.39 is 5.97 Å². The molecule has 2 aliphatic rings. The molecule has 6 heteroatoms.